The van der Waals surface area contributed by atoms with E-state index in [0.717, 1.165) is 24.6 Å². The lowest BCUT2D eigenvalue weighted by atomic mass is 10.1. The molecule has 1 heterocycles. The summed E-state index contributed by atoms with van der Waals surface area (Å²) < 4.78 is 0. The van der Waals surface area contributed by atoms with Crippen molar-refractivity contribution < 1.29 is 0 Å². The first kappa shape index (κ1) is 20.6. The quantitative estimate of drug-likeness (QED) is 0.288. The molecule has 0 saturated carbocycles. The topological polar surface area (TPSA) is 49.3 Å². The second kappa shape index (κ2) is 12.2. The van der Waals surface area contributed by atoms with Crippen LogP contribution in [-0.2, 0) is 13.0 Å². The fourth-order valence-electron chi connectivity index (χ4n) is 1.97. The first-order valence-corrected chi connectivity index (χ1v) is 8.48. The van der Waals surface area contributed by atoms with Gasteiger partial charge in [-0.1, -0.05) is 33.1 Å². The number of guanidine groups is 1. The summed E-state index contributed by atoms with van der Waals surface area (Å²) in [4.78, 5) is 8.82. The summed E-state index contributed by atoms with van der Waals surface area (Å²) in [7, 11) is 1.81. The maximum atomic E-state index is 4.55. The zero-order valence-electron chi connectivity index (χ0n) is 13.6. The largest absolute Gasteiger partial charge is 0.354 e. The standard InChI is InChI=1S/C15H28N4S.HI/c1-5-7-8-9-12(3)18-15(16-4)17-10-13-11-20-14(6-2)19-13;/h11-12H,5-10H2,1-4H3,(H2,16,17,18);1H. The highest BCUT2D eigenvalue weighted by Gasteiger charge is 2.06. The van der Waals surface area contributed by atoms with Crippen LogP contribution < -0.4 is 10.6 Å². The van der Waals surface area contributed by atoms with Gasteiger partial charge in [-0.15, -0.1) is 35.3 Å². The average molecular weight is 424 g/mol. The molecule has 0 aliphatic carbocycles. The van der Waals surface area contributed by atoms with Gasteiger partial charge in [0.25, 0.3) is 0 Å². The van der Waals surface area contributed by atoms with Gasteiger partial charge in [-0.3, -0.25) is 4.99 Å². The van der Waals surface area contributed by atoms with Crippen LogP contribution in [0, 0.1) is 0 Å². The summed E-state index contributed by atoms with van der Waals surface area (Å²) in [6.45, 7) is 7.31. The maximum absolute atomic E-state index is 4.55. The lowest BCUT2D eigenvalue weighted by molar-refractivity contribution is 0.546. The number of hydrogen-bond donors (Lipinski definition) is 2. The van der Waals surface area contributed by atoms with Crippen molar-refractivity contribution in [3.05, 3.63) is 16.1 Å². The molecule has 4 nitrogen and oxygen atoms in total. The van der Waals surface area contributed by atoms with E-state index in [2.05, 4.69) is 46.8 Å². The smallest absolute Gasteiger partial charge is 0.191 e. The number of nitrogens with zero attached hydrogens (tertiary/aromatic N) is 2. The second-order valence-electron chi connectivity index (χ2n) is 5.05. The molecule has 0 aliphatic rings. The number of nitrogens with one attached hydrogen (secondary N) is 2. The lowest BCUT2D eigenvalue weighted by Gasteiger charge is -2.17. The van der Waals surface area contributed by atoms with E-state index in [1.54, 1.807) is 11.3 Å². The minimum Gasteiger partial charge on any atom is -0.354 e. The van der Waals surface area contributed by atoms with Gasteiger partial charge in [0.2, 0.25) is 0 Å². The molecule has 1 aromatic rings. The van der Waals surface area contributed by atoms with Gasteiger partial charge in [-0.2, -0.15) is 0 Å². The molecular formula is C15H29IN4S. The fraction of sp³-hybridized carbons (Fsp3) is 0.733. The number of aliphatic imine (C=N–C) groups is 1. The van der Waals surface area contributed by atoms with Crippen molar-refractivity contribution in [3.8, 4) is 0 Å². The van der Waals surface area contributed by atoms with Crippen LogP contribution in [0.2, 0.25) is 0 Å². The summed E-state index contributed by atoms with van der Waals surface area (Å²) in [6.07, 6.45) is 6.03. The molecule has 0 bridgehead atoms. The summed E-state index contributed by atoms with van der Waals surface area (Å²) in [5, 5.41) is 10.1. The molecule has 1 aromatic heterocycles. The molecule has 1 rings (SSSR count). The van der Waals surface area contributed by atoms with Crippen LogP contribution in [0.25, 0.3) is 0 Å². The van der Waals surface area contributed by atoms with Crippen molar-refractivity contribution in [1.82, 2.24) is 15.6 Å². The number of halogens is 1. The molecule has 0 aliphatic heterocycles. The van der Waals surface area contributed by atoms with Gasteiger partial charge in [0.1, 0.15) is 0 Å². The molecule has 0 aromatic carbocycles. The summed E-state index contributed by atoms with van der Waals surface area (Å²) in [6, 6.07) is 0.453. The molecule has 1 unspecified atom stereocenters. The highest BCUT2D eigenvalue weighted by molar-refractivity contribution is 14.0. The first-order chi connectivity index (χ1) is 9.69. The minimum atomic E-state index is 0. The van der Waals surface area contributed by atoms with E-state index in [1.807, 2.05) is 7.05 Å². The monoisotopic (exact) mass is 424 g/mol. The third kappa shape index (κ3) is 8.60. The Kier molecular flexibility index (Phi) is 12.0. The van der Waals surface area contributed by atoms with Crippen LogP contribution in [0.3, 0.4) is 0 Å². The predicted octanol–water partition coefficient (Wildman–Crippen LogP) is 3.96. The lowest BCUT2D eigenvalue weighted by Crippen LogP contribution is -2.41. The van der Waals surface area contributed by atoms with E-state index in [4.69, 9.17) is 0 Å². The Balaban J connectivity index is 0.00000400. The number of hydrogen-bond acceptors (Lipinski definition) is 3. The van der Waals surface area contributed by atoms with Crippen LogP contribution in [0.4, 0.5) is 0 Å². The Labute approximate surface area is 150 Å². The van der Waals surface area contributed by atoms with Gasteiger partial charge in [0.15, 0.2) is 5.96 Å². The van der Waals surface area contributed by atoms with Crippen LogP contribution in [0.5, 0.6) is 0 Å². The highest BCUT2D eigenvalue weighted by Crippen LogP contribution is 2.09. The molecule has 0 radical (unpaired) electrons. The first-order valence-electron chi connectivity index (χ1n) is 7.60. The fourth-order valence-corrected chi connectivity index (χ4v) is 2.71. The number of aryl methyl sites for hydroxylation is 1. The van der Waals surface area contributed by atoms with E-state index in [9.17, 15) is 0 Å². The van der Waals surface area contributed by atoms with E-state index in [0.29, 0.717) is 6.04 Å². The molecule has 1 atom stereocenters. The van der Waals surface area contributed by atoms with Crippen molar-refractivity contribution in [3.63, 3.8) is 0 Å². The third-order valence-electron chi connectivity index (χ3n) is 3.19. The van der Waals surface area contributed by atoms with Gasteiger partial charge in [-0.25, -0.2) is 4.98 Å². The van der Waals surface area contributed by atoms with Gasteiger partial charge >= 0.3 is 0 Å². The van der Waals surface area contributed by atoms with E-state index in [1.165, 1.54) is 30.7 Å². The molecule has 6 heteroatoms. The zero-order chi connectivity index (χ0) is 14.8. The summed E-state index contributed by atoms with van der Waals surface area (Å²) in [5.74, 6) is 0.861. The Morgan fingerprint density at radius 3 is 2.71 bits per heavy atom. The third-order valence-corrected chi connectivity index (χ3v) is 4.23. The van der Waals surface area contributed by atoms with Crippen LogP contribution >= 0.6 is 35.3 Å². The molecule has 122 valence electrons. The second-order valence-corrected chi connectivity index (χ2v) is 6.00. The van der Waals surface area contributed by atoms with Gasteiger partial charge in [0, 0.05) is 18.5 Å². The number of rotatable bonds is 8. The van der Waals surface area contributed by atoms with Crippen LogP contribution in [0.15, 0.2) is 10.4 Å². The van der Waals surface area contributed by atoms with Crippen molar-refractivity contribution in [2.45, 2.75) is 65.5 Å². The highest BCUT2D eigenvalue weighted by atomic mass is 127. The molecule has 2 N–H and O–H groups in total. The van der Waals surface area contributed by atoms with Crippen LogP contribution in [-0.4, -0.2) is 24.0 Å². The van der Waals surface area contributed by atoms with Crippen LogP contribution in [0.1, 0.15) is 57.2 Å². The summed E-state index contributed by atoms with van der Waals surface area (Å²) >= 11 is 1.72. The normalized spacial score (nSPS) is 12.7. The molecule has 0 fully saturated rings. The van der Waals surface area contributed by atoms with Gasteiger partial charge in [-0.05, 0) is 19.8 Å². The Bertz CT molecular complexity index is 406. The SMILES string of the molecule is CCCCCC(C)NC(=NC)NCc1csc(CC)n1.I. The molecule has 0 spiro atoms. The average Bonchev–Trinajstić information content (AvgIpc) is 2.91. The Morgan fingerprint density at radius 2 is 2.14 bits per heavy atom. The molecule has 0 saturated heterocycles. The number of aromatic nitrogens is 1. The molecule has 21 heavy (non-hydrogen) atoms. The van der Waals surface area contributed by atoms with E-state index < -0.39 is 0 Å². The zero-order valence-corrected chi connectivity index (χ0v) is 16.8. The number of thiazole rings is 1. The van der Waals surface area contributed by atoms with Gasteiger partial charge in [0.05, 0.1) is 17.2 Å². The van der Waals surface area contributed by atoms with Crippen molar-refractivity contribution >= 4 is 41.3 Å². The van der Waals surface area contributed by atoms with E-state index in [-0.39, 0.29) is 24.0 Å². The molecule has 0 amide bonds. The van der Waals surface area contributed by atoms with Crippen molar-refractivity contribution in [1.29, 1.82) is 0 Å². The van der Waals surface area contributed by atoms with Gasteiger partial charge < -0.3 is 10.6 Å². The summed E-state index contributed by atoms with van der Waals surface area (Å²) in [5.41, 5.74) is 1.09. The molecular weight excluding hydrogens is 395 g/mol. The minimum absolute atomic E-state index is 0. The van der Waals surface area contributed by atoms with Crippen molar-refractivity contribution in [2.75, 3.05) is 7.05 Å². The van der Waals surface area contributed by atoms with E-state index >= 15 is 0 Å². The number of unbranched alkanes of at least 4 members (excludes halogenated alkanes) is 2. The van der Waals surface area contributed by atoms with Crippen molar-refractivity contribution in [2.24, 2.45) is 4.99 Å². The Hall–Kier alpha value is -0.370. The predicted molar refractivity (Wildman–Crippen MR) is 104 cm³/mol. The Morgan fingerprint density at radius 1 is 1.38 bits per heavy atom. The maximum Gasteiger partial charge on any atom is 0.191 e.